The number of aliphatic hydroxyl groups is 1. The summed E-state index contributed by atoms with van der Waals surface area (Å²) < 4.78 is 0. The SMILES string of the molecule is CC.CC.CCCCCN.CO. The van der Waals surface area contributed by atoms with Gasteiger partial charge in [0, 0.05) is 7.11 Å². The minimum absolute atomic E-state index is 0.855. The molecule has 0 radical (unpaired) electrons. The van der Waals surface area contributed by atoms with E-state index >= 15 is 0 Å². The third kappa shape index (κ3) is 92.6. The zero-order valence-electron chi connectivity index (χ0n) is 9.85. The van der Waals surface area contributed by atoms with Crippen molar-refractivity contribution in [3.63, 3.8) is 0 Å². The number of hydrogen-bond acceptors (Lipinski definition) is 2. The highest BCUT2D eigenvalue weighted by molar-refractivity contribution is 4.34. The molecule has 12 heavy (non-hydrogen) atoms. The second-order valence-corrected chi connectivity index (χ2v) is 1.50. The van der Waals surface area contributed by atoms with E-state index in [1.54, 1.807) is 0 Å². The molecule has 0 aromatic carbocycles. The normalized spacial score (nSPS) is 6.00. The molecule has 0 aliphatic heterocycles. The molecule has 2 heteroatoms. The lowest BCUT2D eigenvalue weighted by Crippen LogP contribution is -1.96. The van der Waals surface area contributed by atoms with Gasteiger partial charge in [0.1, 0.15) is 0 Å². The van der Waals surface area contributed by atoms with E-state index in [0.29, 0.717) is 0 Å². The molecule has 80 valence electrons. The summed E-state index contributed by atoms with van der Waals surface area (Å²) in [6.07, 6.45) is 3.75. The van der Waals surface area contributed by atoms with Crippen LogP contribution in [0.5, 0.6) is 0 Å². The highest BCUT2D eigenvalue weighted by Gasteiger charge is 1.75. The summed E-state index contributed by atoms with van der Waals surface area (Å²) in [7, 11) is 1.00. The molecule has 2 nitrogen and oxygen atoms in total. The molecule has 0 aromatic rings. The van der Waals surface area contributed by atoms with Crippen LogP contribution in [0.25, 0.3) is 0 Å². The minimum atomic E-state index is 0.855. The van der Waals surface area contributed by atoms with Gasteiger partial charge in [-0.25, -0.2) is 0 Å². The van der Waals surface area contributed by atoms with Gasteiger partial charge in [0.05, 0.1) is 0 Å². The Morgan fingerprint density at radius 2 is 1.25 bits per heavy atom. The smallest absolute Gasteiger partial charge is 0.0319 e. The summed E-state index contributed by atoms with van der Waals surface area (Å²) in [5.41, 5.74) is 5.21. The molecule has 0 spiro atoms. The van der Waals surface area contributed by atoms with Crippen molar-refractivity contribution < 1.29 is 5.11 Å². The largest absolute Gasteiger partial charge is 0.400 e. The summed E-state index contributed by atoms with van der Waals surface area (Å²) in [5, 5.41) is 7.00. The van der Waals surface area contributed by atoms with Gasteiger partial charge in [0.15, 0.2) is 0 Å². The highest BCUT2D eigenvalue weighted by atomic mass is 16.2. The Labute approximate surface area is 79.2 Å². The van der Waals surface area contributed by atoms with Crippen LogP contribution in [0.2, 0.25) is 0 Å². The second kappa shape index (κ2) is 69.9. The fraction of sp³-hybridized carbons (Fsp3) is 1.00. The molecular formula is C10H29NO. The number of aliphatic hydroxyl groups excluding tert-OH is 1. The van der Waals surface area contributed by atoms with Gasteiger partial charge in [0.2, 0.25) is 0 Å². The molecule has 0 bridgehead atoms. The van der Waals surface area contributed by atoms with Crippen molar-refractivity contribution in [2.75, 3.05) is 13.7 Å². The number of hydrogen-bond donors (Lipinski definition) is 2. The lowest BCUT2D eigenvalue weighted by molar-refractivity contribution is 0.399. The molecule has 0 aliphatic carbocycles. The first-order valence-corrected chi connectivity index (χ1v) is 5.06. The number of nitrogens with two attached hydrogens (primary N) is 1. The van der Waals surface area contributed by atoms with Crippen molar-refractivity contribution in [2.24, 2.45) is 5.73 Å². The van der Waals surface area contributed by atoms with Crippen LogP contribution in [-0.2, 0) is 0 Å². The van der Waals surface area contributed by atoms with E-state index in [9.17, 15) is 0 Å². The molecule has 0 atom stereocenters. The van der Waals surface area contributed by atoms with Crippen LogP contribution in [0.1, 0.15) is 53.9 Å². The van der Waals surface area contributed by atoms with Gasteiger partial charge in [-0.1, -0.05) is 47.5 Å². The summed E-state index contributed by atoms with van der Waals surface area (Å²) >= 11 is 0. The molecule has 0 saturated heterocycles. The topological polar surface area (TPSA) is 46.2 Å². The maximum atomic E-state index is 7.00. The molecule has 3 N–H and O–H groups in total. The van der Waals surface area contributed by atoms with E-state index in [-0.39, 0.29) is 0 Å². The van der Waals surface area contributed by atoms with E-state index in [1.165, 1.54) is 19.3 Å². The van der Waals surface area contributed by atoms with Crippen LogP contribution >= 0.6 is 0 Å². The third-order valence-corrected chi connectivity index (χ3v) is 0.808. The lowest BCUT2D eigenvalue weighted by atomic mass is 10.3. The average molecular weight is 179 g/mol. The Morgan fingerprint density at radius 1 is 0.917 bits per heavy atom. The third-order valence-electron chi connectivity index (χ3n) is 0.808. The first-order chi connectivity index (χ1) is 5.91. The van der Waals surface area contributed by atoms with E-state index in [1.807, 2.05) is 27.7 Å². The first kappa shape index (κ1) is 22.7. The lowest BCUT2D eigenvalue weighted by Gasteiger charge is -1.86. The predicted molar refractivity (Wildman–Crippen MR) is 59.4 cm³/mol. The quantitative estimate of drug-likeness (QED) is 0.654. The summed E-state index contributed by atoms with van der Waals surface area (Å²) in [6, 6.07) is 0. The predicted octanol–water partition coefficient (Wildman–Crippen LogP) is 2.80. The van der Waals surface area contributed by atoms with E-state index in [4.69, 9.17) is 10.8 Å². The molecule has 0 unspecified atom stereocenters. The molecule has 0 amide bonds. The van der Waals surface area contributed by atoms with Crippen LogP contribution < -0.4 is 5.73 Å². The molecule has 0 heterocycles. The fourth-order valence-corrected chi connectivity index (χ4v) is 0.394. The molecule has 0 saturated carbocycles. The van der Waals surface area contributed by atoms with Crippen molar-refractivity contribution in [1.29, 1.82) is 0 Å². The van der Waals surface area contributed by atoms with E-state index in [2.05, 4.69) is 6.92 Å². The Morgan fingerprint density at radius 3 is 1.33 bits per heavy atom. The van der Waals surface area contributed by atoms with Crippen LogP contribution in [0.15, 0.2) is 0 Å². The summed E-state index contributed by atoms with van der Waals surface area (Å²) in [4.78, 5) is 0. The molecule has 0 aliphatic rings. The van der Waals surface area contributed by atoms with Crippen LogP contribution in [0.3, 0.4) is 0 Å². The minimum Gasteiger partial charge on any atom is -0.400 e. The van der Waals surface area contributed by atoms with Gasteiger partial charge in [0.25, 0.3) is 0 Å². The van der Waals surface area contributed by atoms with Gasteiger partial charge in [-0.3, -0.25) is 0 Å². The molecule has 0 fully saturated rings. The molecule has 0 aromatic heterocycles. The van der Waals surface area contributed by atoms with Crippen LogP contribution in [0.4, 0.5) is 0 Å². The summed E-state index contributed by atoms with van der Waals surface area (Å²) in [6.45, 7) is 11.0. The van der Waals surface area contributed by atoms with Crippen LogP contribution in [0, 0.1) is 0 Å². The van der Waals surface area contributed by atoms with Crippen molar-refractivity contribution in [1.82, 2.24) is 0 Å². The zero-order valence-corrected chi connectivity index (χ0v) is 9.85. The fourth-order valence-electron chi connectivity index (χ4n) is 0.394. The second-order valence-electron chi connectivity index (χ2n) is 1.50. The first-order valence-electron chi connectivity index (χ1n) is 5.06. The molecular weight excluding hydrogens is 150 g/mol. The Balaban J connectivity index is -0.0000000453. The van der Waals surface area contributed by atoms with Gasteiger partial charge in [-0.05, 0) is 13.0 Å². The number of rotatable bonds is 3. The van der Waals surface area contributed by atoms with Gasteiger partial charge in [-0.2, -0.15) is 0 Å². The number of unbranched alkanes of at least 4 members (excludes halogenated alkanes) is 2. The van der Waals surface area contributed by atoms with Crippen molar-refractivity contribution >= 4 is 0 Å². The highest BCUT2D eigenvalue weighted by Crippen LogP contribution is 1.88. The monoisotopic (exact) mass is 179 g/mol. The Bertz CT molecular complexity index is 21.8. The van der Waals surface area contributed by atoms with Crippen molar-refractivity contribution in [3.05, 3.63) is 0 Å². The van der Waals surface area contributed by atoms with Crippen molar-refractivity contribution in [3.8, 4) is 0 Å². The van der Waals surface area contributed by atoms with Gasteiger partial charge in [-0.15, -0.1) is 0 Å². The maximum absolute atomic E-state index is 7.00. The maximum Gasteiger partial charge on any atom is 0.0319 e. The Kier molecular flexibility index (Phi) is 132. The summed E-state index contributed by atoms with van der Waals surface area (Å²) in [5.74, 6) is 0. The van der Waals surface area contributed by atoms with E-state index in [0.717, 1.165) is 13.7 Å². The van der Waals surface area contributed by atoms with Gasteiger partial charge < -0.3 is 10.8 Å². The van der Waals surface area contributed by atoms with Crippen molar-refractivity contribution in [2.45, 2.75) is 53.9 Å². The Hall–Kier alpha value is -0.0800. The van der Waals surface area contributed by atoms with Crippen LogP contribution in [-0.4, -0.2) is 18.8 Å². The zero-order chi connectivity index (χ0) is 10.8. The average Bonchev–Trinajstić information content (AvgIpc) is 2.24. The van der Waals surface area contributed by atoms with Gasteiger partial charge >= 0.3 is 0 Å². The standard InChI is InChI=1S/C5H13N.2C2H6.CH4O/c1-2-3-4-5-6;3*1-2/h2-6H2,1H3;2*1-2H3;2H,1H3. The molecule has 0 rings (SSSR count). The van der Waals surface area contributed by atoms with E-state index < -0.39 is 0 Å².